The Balaban J connectivity index is 2.20. The Labute approximate surface area is 152 Å². The molecule has 0 aliphatic carbocycles. The summed E-state index contributed by atoms with van der Waals surface area (Å²) in [6, 6.07) is 5.35. The van der Waals surface area contributed by atoms with Crippen LogP contribution in [0.1, 0.15) is 48.7 Å². The van der Waals surface area contributed by atoms with Crippen molar-refractivity contribution in [3.8, 4) is 22.8 Å². The van der Waals surface area contributed by atoms with Gasteiger partial charge in [-0.3, -0.25) is 4.79 Å². The number of carboxylic acids is 1. The second-order valence-electron chi connectivity index (χ2n) is 6.42. The van der Waals surface area contributed by atoms with E-state index in [4.69, 9.17) is 9.47 Å². The van der Waals surface area contributed by atoms with E-state index in [1.807, 2.05) is 23.6 Å². The van der Waals surface area contributed by atoms with Crippen LogP contribution < -0.4 is 14.9 Å². The summed E-state index contributed by atoms with van der Waals surface area (Å²) in [5, 5.41) is 9.27. The van der Waals surface area contributed by atoms with E-state index in [9.17, 15) is 14.7 Å². The monoisotopic (exact) mass is 357 g/mol. The van der Waals surface area contributed by atoms with Crippen LogP contribution in [-0.2, 0) is 6.42 Å². The minimum atomic E-state index is -1.20. The van der Waals surface area contributed by atoms with Gasteiger partial charge in [0, 0.05) is 23.9 Å². The number of nitrogens with zero attached hydrogens (tertiary/aromatic N) is 1. The van der Waals surface area contributed by atoms with Crippen LogP contribution in [0.4, 0.5) is 0 Å². The molecule has 2 heterocycles. The van der Waals surface area contributed by atoms with E-state index in [2.05, 4.69) is 6.92 Å². The summed E-state index contributed by atoms with van der Waals surface area (Å²) in [4.78, 5) is 23.6. The first-order chi connectivity index (χ1) is 12.5. The fourth-order valence-electron chi connectivity index (χ4n) is 3.42. The number of pyridine rings is 1. The van der Waals surface area contributed by atoms with Crippen molar-refractivity contribution in [2.75, 3.05) is 13.7 Å². The van der Waals surface area contributed by atoms with E-state index >= 15 is 0 Å². The normalized spacial score (nSPS) is 15.1. The van der Waals surface area contributed by atoms with Crippen LogP contribution >= 0.6 is 0 Å². The van der Waals surface area contributed by atoms with Gasteiger partial charge in [0.25, 0.3) is 0 Å². The lowest BCUT2D eigenvalue weighted by Gasteiger charge is -2.31. The summed E-state index contributed by atoms with van der Waals surface area (Å²) in [5.41, 5.74) is 1.98. The minimum absolute atomic E-state index is 0.0867. The third kappa shape index (κ3) is 3.07. The number of aromatic carboxylic acids is 1. The van der Waals surface area contributed by atoms with Gasteiger partial charge in [-0.25, -0.2) is 4.79 Å². The zero-order valence-electron chi connectivity index (χ0n) is 15.2. The van der Waals surface area contributed by atoms with Gasteiger partial charge in [-0.05, 0) is 37.0 Å². The molecule has 1 aliphatic heterocycles. The number of benzene rings is 1. The quantitative estimate of drug-likeness (QED) is 0.856. The maximum absolute atomic E-state index is 12.3. The van der Waals surface area contributed by atoms with E-state index in [0.717, 1.165) is 30.4 Å². The van der Waals surface area contributed by atoms with Crippen molar-refractivity contribution >= 4 is 5.97 Å². The number of rotatable bonds is 6. The Morgan fingerprint density at radius 2 is 2.04 bits per heavy atom. The average molecular weight is 357 g/mol. The molecule has 1 unspecified atom stereocenters. The molecular formula is C20H23NO5. The summed E-state index contributed by atoms with van der Waals surface area (Å²) in [6.45, 7) is 4.70. The van der Waals surface area contributed by atoms with Gasteiger partial charge in [0.1, 0.15) is 5.56 Å². The van der Waals surface area contributed by atoms with Gasteiger partial charge < -0.3 is 19.1 Å². The first kappa shape index (κ1) is 18.0. The molecule has 26 heavy (non-hydrogen) atoms. The van der Waals surface area contributed by atoms with Crippen LogP contribution in [0.15, 0.2) is 29.2 Å². The maximum Gasteiger partial charge on any atom is 0.341 e. The number of aromatic nitrogens is 1. The van der Waals surface area contributed by atoms with Crippen LogP contribution in [0.5, 0.6) is 11.5 Å². The van der Waals surface area contributed by atoms with Gasteiger partial charge in [-0.2, -0.15) is 0 Å². The molecule has 1 aromatic carbocycles. The van der Waals surface area contributed by atoms with E-state index in [-0.39, 0.29) is 11.6 Å². The lowest BCUT2D eigenvalue weighted by atomic mass is 9.90. The van der Waals surface area contributed by atoms with Crippen molar-refractivity contribution in [3.63, 3.8) is 0 Å². The molecule has 3 rings (SSSR count). The summed E-state index contributed by atoms with van der Waals surface area (Å²) >= 11 is 0. The van der Waals surface area contributed by atoms with Crippen LogP contribution in [0.25, 0.3) is 11.3 Å². The highest BCUT2D eigenvalue weighted by molar-refractivity contribution is 5.87. The molecule has 0 spiro atoms. The van der Waals surface area contributed by atoms with Gasteiger partial charge in [0.05, 0.1) is 19.4 Å². The number of ether oxygens (including phenoxy) is 2. The van der Waals surface area contributed by atoms with E-state index < -0.39 is 11.4 Å². The van der Waals surface area contributed by atoms with Crippen LogP contribution in [0.2, 0.25) is 0 Å². The largest absolute Gasteiger partial charge is 0.493 e. The van der Waals surface area contributed by atoms with Crippen molar-refractivity contribution in [2.45, 2.75) is 39.2 Å². The molecule has 2 aromatic rings. The predicted molar refractivity (Wildman–Crippen MR) is 98.5 cm³/mol. The SMILES string of the molecule is CCCOc1cc2c(cc1OC)-c1cc(=O)c(C(=O)O)cn1C(CC)C2. The first-order valence-electron chi connectivity index (χ1n) is 8.83. The summed E-state index contributed by atoms with van der Waals surface area (Å²) in [5.74, 6) is 0.0983. The van der Waals surface area contributed by atoms with Gasteiger partial charge in [0.2, 0.25) is 0 Å². The molecule has 0 saturated carbocycles. The fraction of sp³-hybridized carbons (Fsp3) is 0.400. The molecule has 0 radical (unpaired) electrons. The molecule has 0 amide bonds. The lowest BCUT2D eigenvalue weighted by molar-refractivity contribution is 0.0694. The third-order valence-electron chi connectivity index (χ3n) is 4.76. The number of carboxylic acid groups (broad SMARTS) is 1. The van der Waals surface area contributed by atoms with E-state index in [0.29, 0.717) is 23.8 Å². The Hall–Kier alpha value is -2.76. The van der Waals surface area contributed by atoms with Crippen molar-refractivity contribution in [1.29, 1.82) is 0 Å². The van der Waals surface area contributed by atoms with E-state index in [1.54, 1.807) is 7.11 Å². The molecule has 0 saturated heterocycles. The van der Waals surface area contributed by atoms with Crippen molar-refractivity contribution in [3.05, 3.63) is 45.7 Å². The third-order valence-corrected chi connectivity index (χ3v) is 4.76. The average Bonchev–Trinajstić information content (AvgIpc) is 2.64. The Morgan fingerprint density at radius 1 is 1.27 bits per heavy atom. The lowest BCUT2D eigenvalue weighted by Crippen LogP contribution is -2.25. The van der Waals surface area contributed by atoms with Crippen molar-refractivity contribution < 1.29 is 19.4 Å². The number of carbonyl (C=O) groups is 1. The molecule has 1 atom stereocenters. The smallest absolute Gasteiger partial charge is 0.341 e. The molecule has 0 bridgehead atoms. The zero-order valence-corrected chi connectivity index (χ0v) is 15.2. The van der Waals surface area contributed by atoms with Gasteiger partial charge >= 0.3 is 5.97 Å². The highest BCUT2D eigenvalue weighted by Crippen LogP contribution is 2.41. The molecule has 138 valence electrons. The van der Waals surface area contributed by atoms with Crippen LogP contribution in [0.3, 0.4) is 0 Å². The van der Waals surface area contributed by atoms with Crippen molar-refractivity contribution in [2.24, 2.45) is 0 Å². The molecule has 6 heteroatoms. The topological polar surface area (TPSA) is 77.8 Å². The number of fused-ring (bicyclic) bond motifs is 3. The fourth-order valence-corrected chi connectivity index (χ4v) is 3.42. The second kappa shape index (κ2) is 7.23. The summed E-state index contributed by atoms with van der Waals surface area (Å²) in [7, 11) is 1.58. The van der Waals surface area contributed by atoms with Gasteiger partial charge in [-0.1, -0.05) is 13.8 Å². The molecule has 1 aliphatic rings. The predicted octanol–water partition coefficient (Wildman–Crippen LogP) is 3.52. The number of methoxy groups -OCH3 is 1. The highest BCUT2D eigenvalue weighted by atomic mass is 16.5. The molecule has 6 nitrogen and oxygen atoms in total. The van der Waals surface area contributed by atoms with Gasteiger partial charge in [-0.15, -0.1) is 0 Å². The minimum Gasteiger partial charge on any atom is -0.493 e. The Kier molecular flexibility index (Phi) is 5.02. The number of hydrogen-bond acceptors (Lipinski definition) is 4. The highest BCUT2D eigenvalue weighted by Gasteiger charge is 2.26. The van der Waals surface area contributed by atoms with Crippen LogP contribution in [-0.4, -0.2) is 29.4 Å². The summed E-state index contributed by atoms with van der Waals surface area (Å²) in [6.07, 6.45) is 3.93. The Bertz CT molecular complexity index is 900. The van der Waals surface area contributed by atoms with Gasteiger partial charge in [0.15, 0.2) is 16.9 Å². The maximum atomic E-state index is 12.3. The summed E-state index contributed by atoms with van der Waals surface area (Å²) < 4.78 is 13.2. The van der Waals surface area contributed by atoms with Crippen LogP contribution in [0, 0.1) is 0 Å². The molecular weight excluding hydrogens is 334 g/mol. The van der Waals surface area contributed by atoms with E-state index in [1.165, 1.54) is 12.3 Å². The number of hydrogen-bond donors (Lipinski definition) is 1. The molecule has 0 fully saturated rings. The second-order valence-corrected chi connectivity index (χ2v) is 6.42. The van der Waals surface area contributed by atoms with Crippen molar-refractivity contribution in [1.82, 2.24) is 4.57 Å². The molecule has 1 aromatic heterocycles. The Morgan fingerprint density at radius 3 is 2.65 bits per heavy atom. The molecule has 1 N–H and O–H groups in total. The zero-order chi connectivity index (χ0) is 18.8. The first-order valence-corrected chi connectivity index (χ1v) is 8.83. The standard InChI is InChI=1S/C20H23NO5/c1-4-6-26-19-8-12-7-13(5-2)21-11-15(20(23)24)17(22)10-16(21)14(12)9-18(19)25-3/h8-11,13H,4-7H2,1-3H3,(H,23,24).